The molecule has 0 amide bonds. The lowest BCUT2D eigenvalue weighted by molar-refractivity contribution is -0.137. The predicted molar refractivity (Wildman–Crippen MR) is 135 cm³/mol. The van der Waals surface area contributed by atoms with Crippen LogP contribution >= 0.6 is 11.8 Å². The second-order valence-corrected chi connectivity index (χ2v) is 9.33. The molecule has 0 saturated heterocycles. The molecule has 0 aliphatic heterocycles. The lowest BCUT2D eigenvalue weighted by Gasteiger charge is -2.15. The van der Waals surface area contributed by atoms with Gasteiger partial charge in [-0.2, -0.15) is 24.9 Å². The SMILES string of the molecule is NCC(N)OCCOCCSCCOc1cccc2c1CCCC(c1ccccc1C(F)(F)F)=C2. The minimum atomic E-state index is -4.38. The first-order chi connectivity index (χ1) is 16.9. The van der Waals surface area contributed by atoms with Crippen molar-refractivity contribution in [2.24, 2.45) is 11.5 Å². The number of hydrogen-bond acceptors (Lipinski definition) is 6. The maximum absolute atomic E-state index is 13.5. The average molecular weight is 511 g/mol. The third-order valence-electron chi connectivity index (χ3n) is 5.60. The zero-order chi connectivity index (χ0) is 25.1. The standard InChI is InChI=1S/C26H33F3N2O3S/c27-26(28,29)23-9-2-1-7-21(23)19-5-3-8-22-20(17-19)6-4-10-24(22)33-14-16-35-15-13-32-11-12-34-25(31)18-30/h1-2,4,6-7,9-10,17,25H,3,5,8,11-16,18,30-31H2. The van der Waals surface area contributed by atoms with Gasteiger partial charge in [0.15, 0.2) is 0 Å². The summed E-state index contributed by atoms with van der Waals surface area (Å²) in [6, 6.07) is 11.6. The second kappa shape index (κ2) is 13.9. The molecule has 0 radical (unpaired) electrons. The minimum Gasteiger partial charge on any atom is -0.492 e. The summed E-state index contributed by atoms with van der Waals surface area (Å²) in [7, 11) is 0. The van der Waals surface area contributed by atoms with Crippen molar-refractivity contribution in [3.05, 3.63) is 64.7 Å². The van der Waals surface area contributed by atoms with Gasteiger partial charge in [0.1, 0.15) is 12.0 Å². The Morgan fingerprint density at radius 2 is 1.74 bits per heavy atom. The zero-order valence-electron chi connectivity index (χ0n) is 19.7. The van der Waals surface area contributed by atoms with Crippen LogP contribution in [0.5, 0.6) is 5.75 Å². The normalized spacial score (nSPS) is 14.7. The maximum Gasteiger partial charge on any atom is 0.416 e. The van der Waals surface area contributed by atoms with Crippen LogP contribution in [0.3, 0.4) is 0 Å². The molecule has 0 spiro atoms. The number of fused-ring (bicyclic) bond motifs is 1. The lowest BCUT2D eigenvalue weighted by atomic mass is 9.95. The predicted octanol–water partition coefficient (Wildman–Crippen LogP) is 4.97. The van der Waals surface area contributed by atoms with E-state index >= 15 is 0 Å². The number of alkyl halides is 3. The Bertz CT molecular complexity index is 969. The third kappa shape index (κ3) is 8.54. The van der Waals surface area contributed by atoms with Crippen molar-refractivity contribution in [2.45, 2.75) is 31.7 Å². The largest absolute Gasteiger partial charge is 0.492 e. The number of nitrogens with two attached hydrogens (primary N) is 2. The highest BCUT2D eigenvalue weighted by molar-refractivity contribution is 7.99. The Hall–Kier alpha value is -2.04. The van der Waals surface area contributed by atoms with Crippen molar-refractivity contribution >= 4 is 23.4 Å². The zero-order valence-corrected chi connectivity index (χ0v) is 20.5. The van der Waals surface area contributed by atoms with E-state index in [0.717, 1.165) is 47.3 Å². The van der Waals surface area contributed by atoms with Crippen molar-refractivity contribution < 1.29 is 27.4 Å². The molecule has 5 nitrogen and oxygen atoms in total. The monoisotopic (exact) mass is 510 g/mol. The number of halogens is 3. The van der Waals surface area contributed by atoms with Crippen LogP contribution in [-0.4, -0.2) is 50.7 Å². The maximum atomic E-state index is 13.5. The van der Waals surface area contributed by atoms with E-state index in [9.17, 15) is 13.2 Å². The number of benzene rings is 2. The van der Waals surface area contributed by atoms with Gasteiger partial charge in [0.25, 0.3) is 0 Å². The summed E-state index contributed by atoms with van der Waals surface area (Å²) in [5, 5.41) is 0. The van der Waals surface area contributed by atoms with E-state index < -0.39 is 18.0 Å². The van der Waals surface area contributed by atoms with E-state index in [2.05, 4.69) is 0 Å². The summed E-state index contributed by atoms with van der Waals surface area (Å²) in [4.78, 5) is 0. The van der Waals surface area contributed by atoms with Gasteiger partial charge in [-0.1, -0.05) is 36.4 Å². The molecular weight excluding hydrogens is 477 g/mol. The van der Waals surface area contributed by atoms with Gasteiger partial charge in [0.05, 0.1) is 32.0 Å². The van der Waals surface area contributed by atoms with E-state index in [1.54, 1.807) is 23.9 Å². The van der Waals surface area contributed by atoms with Crippen LogP contribution in [0.25, 0.3) is 11.6 Å². The molecule has 3 rings (SSSR count). The first-order valence-electron chi connectivity index (χ1n) is 11.7. The third-order valence-corrected chi connectivity index (χ3v) is 6.51. The molecule has 2 aromatic carbocycles. The van der Waals surface area contributed by atoms with Gasteiger partial charge in [-0.3, -0.25) is 0 Å². The molecule has 35 heavy (non-hydrogen) atoms. The number of ether oxygens (including phenoxy) is 3. The van der Waals surface area contributed by atoms with E-state index in [-0.39, 0.29) is 12.1 Å². The van der Waals surface area contributed by atoms with Gasteiger partial charge in [-0.05, 0) is 48.1 Å². The molecule has 0 saturated carbocycles. The van der Waals surface area contributed by atoms with Crippen LogP contribution in [-0.2, 0) is 22.1 Å². The molecule has 0 fully saturated rings. The van der Waals surface area contributed by atoms with E-state index in [4.69, 9.17) is 25.7 Å². The van der Waals surface area contributed by atoms with Crippen molar-refractivity contribution in [1.29, 1.82) is 0 Å². The Balaban J connectivity index is 1.51. The average Bonchev–Trinajstić information content (AvgIpc) is 3.07. The number of thioether (sulfide) groups is 1. The van der Waals surface area contributed by atoms with Crippen LogP contribution in [0.15, 0.2) is 42.5 Å². The van der Waals surface area contributed by atoms with Crippen LogP contribution in [0.4, 0.5) is 13.2 Å². The molecule has 1 atom stereocenters. The fourth-order valence-corrected chi connectivity index (χ4v) is 4.56. The van der Waals surface area contributed by atoms with Gasteiger partial charge in [-0.15, -0.1) is 0 Å². The summed E-state index contributed by atoms with van der Waals surface area (Å²) in [6.07, 6.45) is -0.841. The minimum absolute atomic E-state index is 0.256. The molecule has 1 aliphatic carbocycles. The molecule has 9 heteroatoms. The molecular formula is C26H33F3N2O3S. The lowest BCUT2D eigenvalue weighted by Crippen LogP contribution is -2.33. The highest BCUT2D eigenvalue weighted by Crippen LogP contribution is 2.39. The molecule has 2 aromatic rings. The Morgan fingerprint density at radius 3 is 2.54 bits per heavy atom. The summed E-state index contributed by atoms with van der Waals surface area (Å²) in [5.41, 5.74) is 13.3. The molecule has 192 valence electrons. The van der Waals surface area contributed by atoms with Gasteiger partial charge in [0.2, 0.25) is 0 Å². The number of hydrogen-bond donors (Lipinski definition) is 2. The topological polar surface area (TPSA) is 79.7 Å². The van der Waals surface area contributed by atoms with E-state index in [1.165, 1.54) is 6.07 Å². The highest BCUT2D eigenvalue weighted by atomic mass is 32.2. The Morgan fingerprint density at radius 1 is 0.943 bits per heavy atom. The molecule has 4 N–H and O–H groups in total. The summed E-state index contributed by atoms with van der Waals surface area (Å²) in [6.45, 7) is 2.33. The van der Waals surface area contributed by atoms with Gasteiger partial charge in [-0.25, -0.2) is 0 Å². The summed E-state index contributed by atoms with van der Waals surface area (Å²) < 4.78 is 57.4. The second-order valence-electron chi connectivity index (χ2n) is 8.11. The fraction of sp³-hybridized carbons (Fsp3) is 0.462. The first kappa shape index (κ1) is 27.5. The summed E-state index contributed by atoms with van der Waals surface area (Å²) >= 11 is 1.73. The Labute approximate surface area is 209 Å². The van der Waals surface area contributed by atoms with Gasteiger partial charge >= 0.3 is 6.18 Å². The van der Waals surface area contributed by atoms with Crippen molar-refractivity contribution in [3.8, 4) is 5.75 Å². The van der Waals surface area contributed by atoms with Crippen molar-refractivity contribution in [1.82, 2.24) is 0 Å². The van der Waals surface area contributed by atoms with Crippen LogP contribution in [0.2, 0.25) is 0 Å². The smallest absolute Gasteiger partial charge is 0.416 e. The number of allylic oxidation sites excluding steroid dienone is 1. The summed E-state index contributed by atoms with van der Waals surface area (Å²) in [5.74, 6) is 2.44. The van der Waals surface area contributed by atoms with Gasteiger partial charge in [0, 0.05) is 23.6 Å². The Kier molecular flexibility index (Phi) is 10.9. The molecule has 1 unspecified atom stereocenters. The first-order valence-corrected chi connectivity index (χ1v) is 12.9. The van der Waals surface area contributed by atoms with Crippen LogP contribution in [0.1, 0.15) is 35.1 Å². The molecule has 1 aliphatic rings. The fourth-order valence-electron chi connectivity index (χ4n) is 3.92. The number of rotatable bonds is 13. The van der Waals surface area contributed by atoms with Crippen molar-refractivity contribution in [2.75, 3.05) is 44.5 Å². The van der Waals surface area contributed by atoms with Crippen LogP contribution in [0, 0.1) is 0 Å². The van der Waals surface area contributed by atoms with Gasteiger partial charge < -0.3 is 25.7 Å². The van der Waals surface area contributed by atoms with E-state index in [0.29, 0.717) is 38.4 Å². The quantitative estimate of drug-likeness (QED) is 0.293. The van der Waals surface area contributed by atoms with Crippen molar-refractivity contribution in [3.63, 3.8) is 0 Å². The molecule has 0 heterocycles. The highest BCUT2D eigenvalue weighted by Gasteiger charge is 2.33. The van der Waals surface area contributed by atoms with E-state index in [1.807, 2.05) is 24.3 Å². The molecule has 0 aromatic heterocycles. The molecule has 0 bridgehead atoms. The van der Waals surface area contributed by atoms with Crippen LogP contribution < -0.4 is 16.2 Å².